The fourth-order valence-corrected chi connectivity index (χ4v) is 7.71. The van der Waals surface area contributed by atoms with Gasteiger partial charge in [0.05, 0.1) is 16.5 Å². The van der Waals surface area contributed by atoms with Crippen molar-refractivity contribution in [2.45, 2.75) is 60.6 Å². The van der Waals surface area contributed by atoms with Crippen LogP contribution >= 0.6 is 11.8 Å². The molecule has 2 fully saturated rings. The highest BCUT2D eigenvalue weighted by Gasteiger charge is 2.46. The number of hydrogen-bond donors (Lipinski definition) is 1. The Labute approximate surface area is 236 Å². The third-order valence-corrected chi connectivity index (χ3v) is 10.0. The van der Waals surface area contributed by atoms with Crippen molar-refractivity contribution < 1.29 is 4.74 Å². The standard InChI is InChI=1S/C29H31N9OS/c30-25-19-4-3-9-31-21(19)16-29(25)7-12-36(13-8-29)28-34-18-23(27-33-11-14-37(27)28)40-22-6-10-32-26-20(22)17-35-38(26)24-5-1-2-15-39-24/h3-4,6,9-11,14,17-18,24-25H,1-2,5,7-8,12-13,15-16,30H2/t24?,25-/m1/s1. The van der Waals surface area contributed by atoms with Gasteiger partial charge < -0.3 is 15.4 Å². The van der Waals surface area contributed by atoms with Crippen molar-refractivity contribution in [3.63, 3.8) is 0 Å². The van der Waals surface area contributed by atoms with Gasteiger partial charge in [-0.25, -0.2) is 19.6 Å². The van der Waals surface area contributed by atoms with E-state index in [0.717, 1.165) is 90.6 Å². The van der Waals surface area contributed by atoms with Crippen LogP contribution < -0.4 is 10.6 Å². The molecule has 11 heteroatoms. The minimum Gasteiger partial charge on any atom is -0.356 e. The predicted molar refractivity (Wildman–Crippen MR) is 152 cm³/mol. The van der Waals surface area contributed by atoms with E-state index >= 15 is 0 Å². The largest absolute Gasteiger partial charge is 0.356 e. The number of pyridine rings is 2. The number of anilines is 1. The number of piperidine rings is 1. The fourth-order valence-electron chi connectivity index (χ4n) is 6.74. The number of hydrogen-bond acceptors (Lipinski definition) is 9. The summed E-state index contributed by atoms with van der Waals surface area (Å²) in [6.07, 6.45) is 17.6. The zero-order valence-electron chi connectivity index (χ0n) is 22.2. The Morgan fingerprint density at radius 3 is 2.70 bits per heavy atom. The first-order valence-corrected chi connectivity index (χ1v) is 14.9. The lowest BCUT2D eigenvalue weighted by atomic mass is 9.73. The van der Waals surface area contributed by atoms with E-state index in [1.807, 2.05) is 54.0 Å². The molecule has 1 aliphatic carbocycles. The van der Waals surface area contributed by atoms with Gasteiger partial charge in [-0.15, -0.1) is 0 Å². The Bertz CT molecular complexity index is 1700. The molecule has 3 aliphatic rings. The zero-order chi connectivity index (χ0) is 26.7. The highest BCUT2D eigenvalue weighted by Crippen LogP contribution is 2.50. The maximum Gasteiger partial charge on any atom is 0.211 e. The molecule has 8 rings (SSSR count). The molecule has 0 bridgehead atoms. The highest BCUT2D eigenvalue weighted by molar-refractivity contribution is 7.99. The van der Waals surface area contributed by atoms with Gasteiger partial charge in [0, 0.05) is 67.3 Å². The van der Waals surface area contributed by atoms with Crippen molar-refractivity contribution in [2.75, 3.05) is 24.6 Å². The number of imidazole rings is 1. The van der Waals surface area contributed by atoms with Gasteiger partial charge in [-0.1, -0.05) is 17.8 Å². The molecule has 2 atom stereocenters. The molecule has 0 saturated carbocycles. The van der Waals surface area contributed by atoms with Gasteiger partial charge in [0.2, 0.25) is 5.95 Å². The summed E-state index contributed by atoms with van der Waals surface area (Å²) in [5, 5.41) is 5.67. The van der Waals surface area contributed by atoms with E-state index in [0.29, 0.717) is 0 Å². The second-order valence-corrected chi connectivity index (χ2v) is 12.2. The number of nitrogens with zero attached hydrogens (tertiary/aromatic N) is 8. The summed E-state index contributed by atoms with van der Waals surface area (Å²) in [7, 11) is 0. The lowest BCUT2D eigenvalue weighted by Crippen LogP contribution is -2.45. The summed E-state index contributed by atoms with van der Waals surface area (Å²) in [5.41, 5.74) is 11.0. The summed E-state index contributed by atoms with van der Waals surface area (Å²) < 4.78 is 10.0. The van der Waals surface area contributed by atoms with Crippen LogP contribution in [0.25, 0.3) is 16.7 Å². The van der Waals surface area contributed by atoms with Crippen LogP contribution in [-0.2, 0) is 11.2 Å². The van der Waals surface area contributed by atoms with Crippen molar-refractivity contribution >= 4 is 34.4 Å². The van der Waals surface area contributed by atoms with Crippen molar-refractivity contribution in [2.24, 2.45) is 11.1 Å². The Morgan fingerprint density at radius 1 is 0.950 bits per heavy atom. The van der Waals surface area contributed by atoms with Crippen molar-refractivity contribution in [3.8, 4) is 0 Å². The number of rotatable bonds is 4. The van der Waals surface area contributed by atoms with E-state index in [-0.39, 0.29) is 17.7 Å². The Hall–Kier alpha value is -3.54. The minimum atomic E-state index is -0.0492. The summed E-state index contributed by atoms with van der Waals surface area (Å²) in [6.45, 7) is 2.58. The molecular weight excluding hydrogens is 522 g/mol. The van der Waals surface area contributed by atoms with Crippen LogP contribution in [0.2, 0.25) is 0 Å². The van der Waals surface area contributed by atoms with Gasteiger partial charge in [0.25, 0.3) is 0 Å². The molecule has 0 amide bonds. The van der Waals surface area contributed by atoms with Crippen molar-refractivity contribution in [1.82, 2.24) is 34.1 Å². The molecule has 5 aromatic rings. The molecule has 2 aliphatic heterocycles. The lowest BCUT2D eigenvalue weighted by Gasteiger charge is -2.42. The van der Waals surface area contributed by atoms with Crippen LogP contribution in [0.15, 0.2) is 65.2 Å². The first kappa shape index (κ1) is 24.3. The molecule has 2 saturated heterocycles. The molecule has 0 aromatic carbocycles. The normalized spacial score (nSPS) is 22.4. The van der Waals surface area contributed by atoms with Crippen molar-refractivity contribution in [3.05, 3.63) is 66.6 Å². The second-order valence-electron chi connectivity index (χ2n) is 11.1. The quantitative estimate of drug-likeness (QED) is 0.342. The molecule has 10 nitrogen and oxygen atoms in total. The Balaban J connectivity index is 1.05. The van der Waals surface area contributed by atoms with E-state index in [1.54, 1.807) is 11.8 Å². The van der Waals surface area contributed by atoms with Crippen LogP contribution in [0.3, 0.4) is 0 Å². The SMILES string of the molecule is N[C@@H]1c2cccnc2CC12CCN(c1ncc(Sc3ccnc4c3cnn4C3CCCCO3)c3nccn13)CC2. The summed E-state index contributed by atoms with van der Waals surface area (Å²) in [5.74, 6) is 0.927. The number of fused-ring (bicyclic) bond motifs is 3. The van der Waals surface area contributed by atoms with E-state index in [2.05, 4.69) is 30.4 Å². The zero-order valence-corrected chi connectivity index (χ0v) is 23.0. The van der Waals surface area contributed by atoms with Gasteiger partial charge in [-0.3, -0.25) is 9.38 Å². The van der Waals surface area contributed by atoms with E-state index in [4.69, 9.17) is 20.4 Å². The smallest absolute Gasteiger partial charge is 0.211 e. The maximum absolute atomic E-state index is 6.78. The summed E-state index contributed by atoms with van der Waals surface area (Å²) >= 11 is 1.65. The summed E-state index contributed by atoms with van der Waals surface area (Å²) in [4.78, 5) is 23.4. The highest BCUT2D eigenvalue weighted by atomic mass is 32.2. The van der Waals surface area contributed by atoms with Crippen LogP contribution in [0, 0.1) is 5.41 Å². The molecule has 1 unspecified atom stereocenters. The van der Waals surface area contributed by atoms with Gasteiger partial charge in [0.15, 0.2) is 17.5 Å². The number of aromatic nitrogens is 7. The second kappa shape index (κ2) is 9.53. The summed E-state index contributed by atoms with van der Waals surface area (Å²) in [6, 6.07) is 6.23. The molecule has 0 radical (unpaired) electrons. The third kappa shape index (κ3) is 3.82. The van der Waals surface area contributed by atoms with Gasteiger partial charge >= 0.3 is 0 Å². The average molecular weight is 554 g/mol. The van der Waals surface area contributed by atoms with Gasteiger partial charge in [-0.2, -0.15) is 5.10 Å². The third-order valence-electron chi connectivity index (χ3n) is 8.96. The Morgan fingerprint density at radius 2 is 1.85 bits per heavy atom. The van der Waals surface area contributed by atoms with E-state index in [9.17, 15) is 0 Å². The fraction of sp³-hybridized carbons (Fsp3) is 0.414. The molecule has 2 N–H and O–H groups in total. The monoisotopic (exact) mass is 553 g/mol. The molecule has 7 heterocycles. The van der Waals surface area contributed by atoms with Crippen LogP contribution in [0.1, 0.15) is 55.6 Å². The predicted octanol–water partition coefficient (Wildman–Crippen LogP) is 4.56. The van der Waals surface area contributed by atoms with Crippen molar-refractivity contribution in [1.29, 1.82) is 0 Å². The van der Waals surface area contributed by atoms with Crippen LogP contribution in [0.5, 0.6) is 0 Å². The molecule has 204 valence electrons. The van der Waals surface area contributed by atoms with E-state index < -0.39 is 0 Å². The van der Waals surface area contributed by atoms with Crippen LogP contribution in [0.4, 0.5) is 5.95 Å². The average Bonchev–Trinajstić information content (AvgIpc) is 3.72. The van der Waals surface area contributed by atoms with Gasteiger partial charge in [-0.05, 0) is 61.6 Å². The first-order chi connectivity index (χ1) is 19.7. The van der Waals surface area contributed by atoms with E-state index in [1.165, 1.54) is 11.3 Å². The molecule has 40 heavy (non-hydrogen) atoms. The van der Waals surface area contributed by atoms with Crippen LogP contribution in [-0.4, -0.2) is 53.8 Å². The van der Waals surface area contributed by atoms with Gasteiger partial charge in [0.1, 0.15) is 0 Å². The number of ether oxygens (including phenoxy) is 1. The molecular formula is C29H31N9OS. The topological polar surface area (TPSA) is 112 Å². The minimum absolute atomic E-state index is 0.0459. The lowest BCUT2D eigenvalue weighted by molar-refractivity contribution is -0.0370. The molecule has 1 spiro atoms. The molecule has 5 aromatic heterocycles. The first-order valence-electron chi connectivity index (χ1n) is 14.1. The number of nitrogens with two attached hydrogens (primary N) is 1. The maximum atomic E-state index is 6.78. The Kier molecular flexibility index (Phi) is 5.78.